The van der Waals surface area contributed by atoms with Gasteiger partial charge in [0.25, 0.3) is 0 Å². The second kappa shape index (κ2) is 9.42. The highest BCUT2D eigenvalue weighted by atomic mass is 35.5. The SMILES string of the molecule is CC[C@@H]1CC[C@@H](NCc2cc3c(cc2OC)C2C[C@H]2C(=O)N3C)[C@@H](c2ccccc2)N1.Cl. The summed E-state index contributed by atoms with van der Waals surface area (Å²) in [6, 6.07) is 16.3. The van der Waals surface area contributed by atoms with Crippen molar-refractivity contribution in [3.63, 3.8) is 0 Å². The average Bonchev–Trinajstić information content (AvgIpc) is 3.62. The van der Waals surface area contributed by atoms with Gasteiger partial charge in [0.15, 0.2) is 0 Å². The first-order valence-electron chi connectivity index (χ1n) is 11.6. The quantitative estimate of drug-likeness (QED) is 0.670. The summed E-state index contributed by atoms with van der Waals surface area (Å²) in [5.41, 5.74) is 4.76. The fourth-order valence-corrected chi connectivity index (χ4v) is 5.49. The molecule has 2 fully saturated rings. The summed E-state index contributed by atoms with van der Waals surface area (Å²) < 4.78 is 5.77. The summed E-state index contributed by atoms with van der Waals surface area (Å²) in [5.74, 6) is 1.74. The molecule has 3 aliphatic rings. The van der Waals surface area contributed by atoms with Gasteiger partial charge in [-0.15, -0.1) is 12.4 Å². The Morgan fingerprint density at radius 3 is 2.66 bits per heavy atom. The zero-order valence-electron chi connectivity index (χ0n) is 19.1. The number of carbonyl (C=O) groups excluding carboxylic acids is 1. The fourth-order valence-electron chi connectivity index (χ4n) is 5.49. The third kappa shape index (κ3) is 4.14. The molecule has 1 saturated heterocycles. The van der Waals surface area contributed by atoms with Crippen LogP contribution in [0, 0.1) is 5.92 Å². The van der Waals surface area contributed by atoms with Crippen molar-refractivity contribution < 1.29 is 9.53 Å². The molecule has 1 saturated carbocycles. The molecule has 2 aliphatic heterocycles. The van der Waals surface area contributed by atoms with E-state index >= 15 is 0 Å². The number of piperidine rings is 1. The van der Waals surface area contributed by atoms with Gasteiger partial charge in [-0.25, -0.2) is 0 Å². The zero-order chi connectivity index (χ0) is 21.5. The lowest BCUT2D eigenvalue weighted by atomic mass is 9.88. The molecular formula is C26H34ClN3O2. The number of hydrogen-bond donors (Lipinski definition) is 2. The number of ether oxygens (including phenoxy) is 1. The predicted molar refractivity (Wildman–Crippen MR) is 131 cm³/mol. The number of amides is 1. The minimum atomic E-state index is 0. The number of nitrogens with zero attached hydrogens (tertiary/aromatic N) is 1. The van der Waals surface area contributed by atoms with Crippen LogP contribution in [0.2, 0.25) is 0 Å². The number of methoxy groups -OCH3 is 1. The van der Waals surface area contributed by atoms with Crippen LogP contribution < -0.4 is 20.3 Å². The average molecular weight is 456 g/mol. The van der Waals surface area contributed by atoms with E-state index < -0.39 is 0 Å². The van der Waals surface area contributed by atoms with Crippen LogP contribution in [0.5, 0.6) is 5.75 Å². The van der Waals surface area contributed by atoms with Gasteiger partial charge in [0.1, 0.15) is 5.75 Å². The number of carbonyl (C=O) groups is 1. The van der Waals surface area contributed by atoms with Crippen LogP contribution in [0.4, 0.5) is 5.69 Å². The molecule has 0 bridgehead atoms. The van der Waals surface area contributed by atoms with E-state index in [1.807, 2.05) is 11.9 Å². The zero-order valence-corrected chi connectivity index (χ0v) is 20.0. The molecule has 2 heterocycles. The summed E-state index contributed by atoms with van der Waals surface area (Å²) in [4.78, 5) is 14.4. The fraction of sp³-hybridized carbons (Fsp3) is 0.500. The second-order valence-electron chi connectivity index (χ2n) is 9.29. The molecule has 2 N–H and O–H groups in total. The molecular weight excluding hydrogens is 422 g/mol. The smallest absolute Gasteiger partial charge is 0.230 e. The highest BCUT2D eigenvalue weighted by molar-refractivity contribution is 6.01. The molecule has 1 aliphatic carbocycles. The number of anilines is 1. The number of halogens is 1. The summed E-state index contributed by atoms with van der Waals surface area (Å²) in [6.45, 7) is 2.98. The molecule has 2 aromatic rings. The molecule has 2 aromatic carbocycles. The summed E-state index contributed by atoms with van der Waals surface area (Å²) >= 11 is 0. The van der Waals surface area contributed by atoms with Crippen molar-refractivity contribution in [2.45, 2.75) is 63.2 Å². The van der Waals surface area contributed by atoms with Crippen LogP contribution in [0.3, 0.4) is 0 Å². The summed E-state index contributed by atoms with van der Waals surface area (Å²) in [5, 5.41) is 7.68. The standard InChI is InChI=1S/C26H33N3O2.ClH/c1-4-18-10-11-22(25(28-18)16-8-6-5-7-9-16)27-15-17-12-23-20(14-24(17)31-3)19-13-21(19)26(30)29(23)2;/h5-9,12,14,18-19,21-22,25,27-28H,4,10-11,13,15H2,1-3H3;1H/t18-,19?,21-,22-,25-;/m1./s1. The number of benzene rings is 2. The van der Waals surface area contributed by atoms with Crippen molar-refractivity contribution in [1.29, 1.82) is 0 Å². The second-order valence-corrected chi connectivity index (χ2v) is 9.29. The van der Waals surface area contributed by atoms with E-state index in [1.54, 1.807) is 7.11 Å². The van der Waals surface area contributed by atoms with E-state index in [-0.39, 0.29) is 24.2 Å². The summed E-state index contributed by atoms with van der Waals surface area (Å²) in [7, 11) is 3.65. The molecule has 6 heteroatoms. The Morgan fingerprint density at radius 2 is 1.94 bits per heavy atom. The van der Waals surface area contributed by atoms with Gasteiger partial charge in [-0.2, -0.15) is 0 Å². The molecule has 0 aromatic heterocycles. The third-order valence-electron chi connectivity index (χ3n) is 7.48. The van der Waals surface area contributed by atoms with E-state index in [0.717, 1.165) is 42.8 Å². The van der Waals surface area contributed by atoms with E-state index in [0.29, 0.717) is 24.0 Å². The minimum absolute atomic E-state index is 0. The predicted octanol–water partition coefficient (Wildman–Crippen LogP) is 4.56. The van der Waals surface area contributed by atoms with Gasteiger partial charge < -0.3 is 20.3 Å². The maximum absolute atomic E-state index is 12.5. The van der Waals surface area contributed by atoms with Gasteiger partial charge >= 0.3 is 0 Å². The van der Waals surface area contributed by atoms with Crippen molar-refractivity contribution in [1.82, 2.24) is 10.6 Å². The largest absolute Gasteiger partial charge is 0.496 e. The van der Waals surface area contributed by atoms with Crippen LogP contribution in [0.15, 0.2) is 42.5 Å². The van der Waals surface area contributed by atoms with Gasteiger partial charge in [-0.05, 0) is 54.9 Å². The van der Waals surface area contributed by atoms with E-state index in [1.165, 1.54) is 17.5 Å². The Kier molecular flexibility index (Phi) is 6.80. The monoisotopic (exact) mass is 455 g/mol. The molecule has 0 spiro atoms. The summed E-state index contributed by atoms with van der Waals surface area (Å²) in [6.07, 6.45) is 4.44. The van der Waals surface area contributed by atoms with Crippen LogP contribution >= 0.6 is 12.4 Å². The first-order valence-corrected chi connectivity index (χ1v) is 11.6. The van der Waals surface area contributed by atoms with Gasteiger partial charge in [0.05, 0.1) is 7.11 Å². The maximum atomic E-state index is 12.5. The Bertz CT molecular complexity index is 967. The molecule has 172 valence electrons. The third-order valence-corrected chi connectivity index (χ3v) is 7.48. The number of hydrogen-bond acceptors (Lipinski definition) is 4. The van der Waals surface area contributed by atoms with Gasteiger partial charge in [0, 0.05) is 48.9 Å². The first-order chi connectivity index (χ1) is 15.1. The molecule has 5 nitrogen and oxygen atoms in total. The van der Waals surface area contributed by atoms with Crippen molar-refractivity contribution in [2.75, 3.05) is 19.1 Å². The van der Waals surface area contributed by atoms with Crippen LogP contribution in [0.25, 0.3) is 0 Å². The highest BCUT2D eigenvalue weighted by Crippen LogP contribution is 2.56. The van der Waals surface area contributed by atoms with Crippen molar-refractivity contribution in [2.24, 2.45) is 5.92 Å². The van der Waals surface area contributed by atoms with Gasteiger partial charge in [0.2, 0.25) is 5.91 Å². The molecule has 1 amide bonds. The molecule has 0 radical (unpaired) electrons. The minimum Gasteiger partial charge on any atom is -0.496 e. The lowest BCUT2D eigenvalue weighted by Crippen LogP contribution is -2.49. The first kappa shape index (κ1) is 23.1. The van der Waals surface area contributed by atoms with Crippen molar-refractivity contribution in [3.8, 4) is 5.75 Å². The van der Waals surface area contributed by atoms with Crippen LogP contribution in [-0.2, 0) is 11.3 Å². The topological polar surface area (TPSA) is 53.6 Å². The molecule has 5 atom stereocenters. The van der Waals surface area contributed by atoms with Crippen molar-refractivity contribution in [3.05, 3.63) is 59.2 Å². The Balaban J connectivity index is 0.00000245. The van der Waals surface area contributed by atoms with Crippen LogP contribution in [-0.4, -0.2) is 32.1 Å². The molecule has 5 rings (SSSR count). The van der Waals surface area contributed by atoms with E-state index in [4.69, 9.17) is 4.74 Å². The lowest BCUT2D eigenvalue weighted by molar-refractivity contribution is -0.119. The molecule has 1 unspecified atom stereocenters. The van der Waals surface area contributed by atoms with Gasteiger partial charge in [-0.1, -0.05) is 37.3 Å². The Morgan fingerprint density at radius 1 is 1.16 bits per heavy atom. The molecule has 32 heavy (non-hydrogen) atoms. The number of rotatable bonds is 6. The van der Waals surface area contributed by atoms with E-state index in [2.05, 4.69) is 60.0 Å². The van der Waals surface area contributed by atoms with Gasteiger partial charge in [-0.3, -0.25) is 4.79 Å². The van der Waals surface area contributed by atoms with E-state index in [9.17, 15) is 4.79 Å². The Hall–Kier alpha value is -2.08. The maximum Gasteiger partial charge on any atom is 0.230 e. The normalized spacial score (nSPS) is 28.4. The Labute approximate surface area is 197 Å². The highest BCUT2D eigenvalue weighted by Gasteiger charge is 2.50. The lowest BCUT2D eigenvalue weighted by Gasteiger charge is -2.38. The van der Waals surface area contributed by atoms with Crippen molar-refractivity contribution >= 4 is 24.0 Å². The van der Waals surface area contributed by atoms with Crippen LogP contribution in [0.1, 0.15) is 61.3 Å². The number of fused-ring (bicyclic) bond motifs is 3. The number of nitrogens with one attached hydrogen (secondary N) is 2.